The number of hydrogen-bond donors (Lipinski definition) is 4. The van der Waals surface area contributed by atoms with Gasteiger partial charge in [-0.05, 0) is 20.3 Å². The first kappa shape index (κ1) is 15.4. The number of nitrogens with zero attached hydrogens (tertiary/aromatic N) is 1. The maximum absolute atomic E-state index is 11.6. The Labute approximate surface area is 114 Å². The van der Waals surface area contributed by atoms with Gasteiger partial charge in [-0.25, -0.2) is 14.6 Å². The van der Waals surface area contributed by atoms with E-state index in [0.29, 0.717) is 5.13 Å². The molecule has 2 atom stereocenters. The summed E-state index contributed by atoms with van der Waals surface area (Å²) in [6, 6.07) is -2.06. The Bertz CT molecular complexity index is 473. The van der Waals surface area contributed by atoms with Crippen LogP contribution >= 0.6 is 11.3 Å². The molecule has 2 amide bonds. The van der Waals surface area contributed by atoms with Gasteiger partial charge in [0.05, 0.1) is 11.8 Å². The zero-order valence-corrected chi connectivity index (χ0v) is 11.7. The van der Waals surface area contributed by atoms with E-state index in [-0.39, 0.29) is 0 Å². The Balaban J connectivity index is 2.66. The summed E-state index contributed by atoms with van der Waals surface area (Å²) in [5, 5.41) is 23.1. The molecule has 0 aliphatic carbocycles. The molecule has 0 aliphatic heterocycles. The van der Waals surface area contributed by atoms with Crippen molar-refractivity contribution in [3.63, 3.8) is 0 Å². The van der Waals surface area contributed by atoms with Crippen LogP contribution in [-0.4, -0.2) is 39.3 Å². The Hall–Kier alpha value is -1.67. The van der Waals surface area contributed by atoms with Crippen LogP contribution in [-0.2, 0) is 11.2 Å². The number of aryl methyl sites for hydroxylation is 2. The summed E-state index contributed by atoms with van der Waals surface area (Å²) in [7, 11) is 0. The van der Waals surface area contributed by atoms with Gasteiger partial charge < -0.3 is 15.5 Å². The quantitative estimate of drug-likeness (QED) is 0.644. The number of carboxylic acids is 1. The predicted octanol–water partition coefficient (Wildman–Crippen LogP) is 0.969. The number of carbonyl (C=O) groups is 2. The van der Waals surface area contributed by atoms with Crippen LogP contribution in [0.4, 0.5) is 9.93 Å². The molecule has 7 nitrogen and oxygen atoms in total. The number of aromatic nitrogens is 1. The molecule has 0 radical (unpaired) electrons. The second kappa shape index (κ2) is 6.48. The number of hydrogen-bond acceptors (Lipinski definition) is 5. The van der Waals surface area contributed by atoms with E-state index in [0.717, 1.165) is 17.0 Å². The van der Waals surface area contributed by atoms with Crippen molar-refractivity contribution < 1.29 is 19.8 Å². The highest BCUT2D eigenvalue weighted by molar-refractivity contribution is 7.15. The third kappa shape index (κ3) is 4.18. The molecule has 1 rings (SSSR count). The fourth-order valence-electron chi connectivity index (χ4n) is 1.47. The lowest BCUT2D eigenvalue weighted by atomic mass is 10.2. The maximum atomic E-state index is 11.6. The van der Waals surface area contributed by atoms with Crippen molar-refractivity contribution in [2.45, 2.75) is 39.3 Å². The minimum Gasteiger partial charge on any atom is -0.480 e. The van der Waals surface area contributed by atoms with Gasteiger partial charge in [-0.1, -0.05) is 6.92 Å². The molecule has 8 heteroatoms. The van der Waals surface area contributed by atoms with Crippen LogP contribution in [0.1, 0.15) is 24.4 Å². The summed E-state index contributed by atoms with van der Waals surface area (Å²) < 4.78 is 0. The fourth-order valence-corrected chi connectivity index (χ4v) is 2.37. The molecule has 1 aromatic heterocycles. The Morgan fingerprint density at radius 2 is 2.11 bits per heavy atom. The van der Waals surface area contributed by atoms with E-state index in [2.05, 4.69) is 15.6 Å². The second-order valence-corrected chi connectivity index (χ2v) is 5.23. The molecule has 2 unspecified atom stereocenters. The van der Waals surface area contributed by atoms with Crippen LogP contribution in [0.25, 0.3) is 0 Å². The van der Waals surface area contributed by atoms with Gasteiger partial charge in [-0.15, -0.1) is 11.3 Å². The molecule has 0 saturated heterocycles. The number of anilines is 1. The first-order chi connectivity index (χ1) is 8.85. The minimum atomic E-state index is -1.35. The number of aliphatic hydroxyl groups excluding tert-OH is 1. The number of aliphatic carboxylic acids is 1. The second-order valence-electron chi connectivity index (χ2n) is 4.03. The van der Waals surface area contributed by atoms with Gasteiger partial charge in [0, 0.05) is 4.88 Å². The van der Waals surface area contributed by atoms with Crippen LogP contribution in [0.3, 0.4) is 0 Å². The van der Waals surface area contributed by atoms with Crippen LogP contribution < -0.4 is 10.6 Å². The summed E-state index contributed by atoms with van der Waals surface area (Å²) in [5.41, 5.74) is 0.894. The van der Waals surface area contributed by atoms with E-state index in [1.807, 2.05) is 13.8 Å². The molecule has 0 spiro atoms. The van der Waals surface area contributed by atoms with Crippen molar-refractivity contribution in [2.24, 2.45) is 0 Å². The highest BCUT2D eigenvalue weighted by Crippen LogP contribution is 2.22. The molecule has 0 saturated carbocycles. The smallest absolute Gasteiger partial charge is 0.328 e. The van der Waals surface area contributed by atoms with Crippen LogP contribution in [0, 0.1) is 6.92 Å². The summed E-state index contributed by atoms with van der Waals surface area (Å²) in [4.78, 5) is 27.6. The standard InChI is InChI=1S/C11H17N3O4S/c1-4-7-6(3)19-11(12-7)14-10(18)13-8(5(2)15)9(16)17/h5,8,15H,4H2,1-3H3,(H,16,17)(H2,12,13,14,18). The van der Waals surface area contributed by atoms with Crippen molar-refractivity contribution in [1.29, 1.82) is 0 Å². The molecule has 0 aliphatic rings. The van der Waals surface area contributed by atoms with E-state index in [9.17, 15) is 14.7 Å². The fraction of sp³-hybridized carbons (Fsp3) is 0.545. The third-order valence-corrected chi connectivity index (χ3v) is 3.41. The van der Waals surface area contributed by atoms with Gasteiger partial charge in [0.1, 0.15) is 0 Å². The molecule has 1 aromatic rings. The Morgan fingerprint density at radius 3 is 2.53 bits per heavy atom. The highest BCUT2D eigenvalue weighted by Gasteiger charge is 2.25. The molecular weight excluding hydrogens is 270 g/mol. The largest absolute Gasteiger partial charge is 0.480 e. The summed E-state index contributed by atoms with van der Waals surface area (Å²) in [6.07, 6.45) is -0.427. The number of thiazole rings is 1. The average molecular weight is 287 g/mol. The lowest BCUT2D eigenvalue weighted by Gasteiger charge is -2.16. The number of urea groups is 1. The molecular formula is C11H17N3O4S. The van der Waals surface area contributed by atoms with E-state index in [4.69, 9.17) is 5.11 Å². The predicted molar refractivity (Wildman–Crippen MR) is 71.5 cm³/mol. The molecule has 106 valence electrons. The molecule has 0 bridgehead atoms. The molecule has 19 heavy (non-hydrogen) atoms. The highest BCUT2D eigenvalue weighted by atomic mass is 32.1. The Kier molecular flexibility index (Phi) is 5.25. The summed E-state index contributed by atoms with van der Waals surface area (Å²) in [5.74, 6) is -1.30. The molecule has 1 heterocycles. The van der Waals surface area contributed by atoms with Crippen molar-refractivity contribution >= 4 is 28.5 Å². The lowest BCUT2D eigenvalue weighted by molar-refractivity contribution is -0.141. The minimum absolute atomic E-state index is 0.404. The number of carboxylic acid groups (broad SMARTS) is 1. The SMILES string of the molecule is CCc1nc(NC(=O)NC(C(=O)O)C(C)O)sc1C. The van der Waals surface area contributed by atoms with E-state index >= 15 is 0 Å². The van der Waals surface area contributed by atoms with Gasteiger partial charge in [0.15, 0.2) is 11.2 Å². The first-order valence-electron chi connectivity index (χ1n) is 5.79. The molecule has 0 fully saturated rings. The average Bonchev–Trinajstić information content (AvgIpc) is 2.65. The number of amides is 2. The van der Waals surface area contributed by atoms with Crippen molar-refractivity contribution in [1.82, 2.24) is 10.3 Å². The van der Waals surface area contributed by atoms with Crippen molar-refractivity contribution in [2.75, 3.05) is 5.32 Å². The van der Waals surface area contributed by atoms with Gasteiger partial charge in [0.2, 0.25) is 0 Å². The summed E-state index contributed by atoms with van der Waals surface area (Å²) >= 11 is 1.32. The number of rotatable bonds is 5. The van der Waals surface area contributed by atoms with Gasteiger partial charge in [0.25, 0.3) is 0 Å². The van der Waals surface area contributed by atoms with E-state index < -0.39 is 24.1 Å². The van der Waals surface area contributed by atoms with E-state index in [1.54, 1.807) is 0 Å². The monoisotopic (exact) mass is 287 g/mol. The normalized spacial score (nSPS) is 13.7. The Morgan fingerprint density at radius 1 is 1.47 bits per heavy atom. The van der Waals surface area contributed by atoms with Gasteiger partial charge in [-0.3, -0.25) is 5.32 Å². The third-order valence-electron chi connectivity index (χ3n) is 2.48. The van der Waals surface area contributed by atoms with Crippen LogP contribution in [0.15, 0.2) is 0 Å². The van der Waals surface area contributed by atoms with E-state index in [1.165, 1.54) is 18.3 Å². The van der Waals surface area contributed by atoms with Gasteiger partial charge in [-0.2, -0.15) is 0 Å². The van der Waals surface area contributed by atoms with Crippen LogP contribution in [0.2, 0.25) is 0 Å². The van der Waals surface area contributed by atoms with Crippen molar-refractivity contribution in [3.05, 3.63) is 10.6 Å². The number of nitrogens with one attached hydrogen (secondary N) is 2. The zero-order chi connectivity index (χ0) is 14.6. The zero-order valence-electron chi connectivity index (χ0n) is 10.9. The maximum Gasteiger partial charge on any atom is 0.328 e. The number of carbonyl (C=O) groups excluding carboxylic acids is 1. The number of aliphatic hydroxyl groups is 1. The van der Waals surface area contributed by atoms with Crippen molar-refractivity contribution in [3.8, 4) is 0 Å². The topological polar surface area (TPSA) is 112 Å². The van der Waals surface area contributed by atoms with Gasteiger partial charge >= 0.3 is 12.0 Å². The van der Waals surface area contributed by atoms with Crippen LogP contribution in [0.5, 0.6) is 0 Å². The first-order valence-corrected chi connectivity index (χ1v) is 6.61. The summed E-state index contributed by atoms with van der Waals surface area (Å²) in [6.45, 7) is 5.15. The molecule has 0 aromatic carbocycles. The molecule has 4 N–H and O–H groups in total. The lowest BCUT2D eigenvalue weighted by Crippen LogP contribution is -2.49.